The Kier molecular flexibility index (Phi) is 8.11. The summed E-state index contributed by atoms with van der Waals surface area (Å²) in [5.41, 5.74) is 2.04. The molecule has 1 saturated heterocycles. The van der Waals surface area contributed by atoms with Crippen LogP contribution in [0.1, 0.15) is 31.3 Å². The Morgan fingerprint density at radius 1 is 1.02 bits per heavy atom. The molecule has 3 aliphatic heterocycles. The van der Waals surface area contributed by atoms with E-state index in [4.69, 9.17) is 18.9 Å². The molecular formula is C31H31N5O7S. The summed E-state index contributed by atoms with van der Waals surface area (Å²) in [4.78, 5) is 43.4. The Bertz CT molecular complexity index is 1720. The summed E-state index contributed by atoms with van der Waals surface area (Å²) in [6, 6.07) is 15.2. The lowest BCUT2D eigenvalue weighted by molar-refractivity contribution is -0.123. The molecule has 13 heteroatoms. The summed E-state index contributed by atoms with van der Waals surface area (Å²) < 4.78 is 23.0. The summed E-state index contributed by atoms with van der Waals surface area (Å²) in [5.74, 6) is 0.638. The number of thiophene rings is 1. The van der Waals surface area contributed by atoms with Crippen LogP contribution < -0.4 is 29.6 Å². The van der Waals surface area contributed by atoms with Gasteiger partial charge in [-0.15, -0.1) is 11.3 Å². The maximum atomic E-state index is 13.6. The molecule has 44 heavy (non-hydrogen) atoms. The molecule has 4 aromatic rings. The number of carbonyl (C=O) groups excluding carboxylic acids is 3. The molecule has 7 rings (SSSR count). The minimum absolute atomic E-state index is 0.191. The number of rotatable bonds is 4. The lowest BCUT2D eigenvalue weighted by atomic mass is 10.1. The highest BCUT2D eigenvalue weighted by Gasteiger charge is 2.39. The van der Waals surface area contributed by atoms with Crippen molar-refractivity contribution in [3.63, 3.8) is 0 Å². The van der Waals surface area contributed by atoms with Crippen LogP contribution in [0.15, 0.2) is 54.6 Å². The van der Waals surface area contributed by atoms with Gasteiger partial charge in [-0.25, -0.2) is 0 Å². The predicted molar refractivity (Wildman–Crippen MR) is 162 cm³/mol. The maximum Gasteiger partial charge on any atom is 0.274 e. The van der Waals surface area contributed by atoms with Gasteiger partial charge < -0.3 is 34.5 Å². The number of nitrogens with one attached hydrogen (secondary N) is 3. The lowest BCUT2D eigenvalue weighted by Gasteiger charge is -2.22. The molecule has 0 saturated carbocycles. The minimum atomic E-state index is -0.589. The van der Waals surface area contributed by atoms with Crippen LogP contribution in [0.2, 0.25) is 0 Å². The number of likely N-dealkylation sites (tertiary alicyclic amines) is 1. The Balaban J connectivity index is 1.30. The second-order valence-corrected chi connectivity index (χ2v) is 11.7. The van der Waals surface area contributed by atoms with Crippen molar-refractivity contribution >= 4 is 29.1 Å². The second-order valence-electron chi connectivity index (χ2n) is 10.5. The molecule has 2 aromatic heterocycles. The first kappa shape index (κ1) is 29.1. The molecule has 2 aromatic carbocycles. The fourth-order valence-corrected chi connectivity index (χ4v) is 6.00. The van der Waals surface area contributed by atoms with Gasteiger partial charge >= 0.3 is 0 Å². The number of aryl methyl sites for hydroxylation is 1. The highest BCUT2D eigenvalue weighted by atomic mass is 32.1. The van der Waals surface area contributed by atoms with E-state index in [1.165, 1.54) is 20.3 Å². The Morgan fingerprint density at radius 3 is 2.66 bits per heavy atom. The van der Waals surface area contributed by atoms with Gasteiger partial charge in [-0.05, 0) is 49.4 Å². The highest BCUT2D eigenvalue weighted by molar-refractivity contribution is 7.15. The van der Waals surface area contributed by atoms with Crippen LogP contribution in [0, 0.1) is 6.92 Å². The van der Waals surface area contributed by atoms with Crippen molar-refractivity contribution in [1.29, 1.82) is 0 Å². The molecule has 3 aliphatic rings. The molecule has 12 nitrogen and oxygen atoms in total. The largest absolute Gasteiger partial charge is 0.497 e. The number of amides is 3. The SMILES string of the molecule is COc1cc2cc(c1)C(=O)N[C@H]1CN(C(=O)c3cc(-c4ccc(C)s4)[nH]n3)C[C@@H]1Oc1ccc(c(OC)c1)CNC(=O)CO2. The van der Waals surface area contributed by atoms with Gasteiger partial charge in [0, 0.05) is 41.2 Å². The number of benzene rings is 2. The van der Waals surface area contributed by atoms with Crippen molar-refractivity contribution < 1.29 is 33.3 Å². The van der Waals surface area contributed by atoms with Gasteiger partial charge in [-0.2, -0.15) is 5.10 Å². The summed E-state index contributed by atoms with van der Waals surface area (Å²) in [6.07, 6.45) is -0.589. The molecule has 0 spiro atoms. The van der Waals surface area contributed by atoms with Crippen molar-refractivity contribution in [1.82, 2.24) is 25.7 Å². The number of H-pyrrole nitrogens is 1. The van der Waals surface area contributed by atoms with E-state index < -0.39 is 18.1 Å². The van der Waals surface area contributed by atoms with E-state index in [1.807, 2.05) is 19.1 Å². The molecule has 0 aliphatic carbocycles. The monoisotopic (exact) mass is 617 g/mol. The zero-order valence-corrected chi connectivity index (χ0v) is 25.2. The van der Waals surface area contributed by atoms with Crippen LogP contribution in [-0.4, -0.2) is 78.9 Å². The molecule has 0 radical (unpaired) electrons. The van der Waals surface area contributed by atoms with E-state index in [-0.39, 0.29) is 49.3 Å². The number of hydrogen-bond acceptors (Lipinski definition) is 9. The van der Waals surface area contributed by atoms with Gasteiger partial charge in [-0.1, -0.05) is 0 Å². The van der Waals surface area contributed by atoms with Gasteiger partial charge in [0.25, 0.3) is 17.7 Å². The Hall–Kier alpha value is -5.04. The summed E-state index contributed by atoms with van der Waals surface area (Å²) in [5, 5.41) is 13.1. The van der Waals surface area contributed by atoms with E-state index >= 15 is 0 Å². The first-order chi connectivity index (χ1) is 21.3. The van der Waals surface area contributed by atoms with Gasteiger partial charge in [0.15, 0.2) is 12.3 Å². The fraction of sp³-hybridized carbons (Fsp3) is 0.290. The zero-order chi connectivity index (χ0) is 30.8. The highest BCUT2D eigenvalue weighted by Crippen LogP contribution is 2.30. The molecule has 4 bridgehead atoms. The molecule has 1 fully saturated rings. The number of hydrogen-bond donors (Lipinski definition) is 3. The molecule has 5 heterocycles. The third-order valence-electron chi connectivity index (χ3n) is 7.44. The summed E-state index contributed by atoms with van der Waals surface area (Å²) in [7, 11) is 3.01. The average Bonchev–Trinajstić information content (AvgIpc) is 3.79. The van der Waals surface area contributed by atoms with Crippen molar-refractivity contribution in [3.8, 4) is 33.6 Å². The van der Waals surface area contributed by atoms with Crippen LogP contribution >= 0.6 is 11.3 Å². The second kappa shape index (κ2) is 12.3. The molecule has 0 unspecified atom stereocenters. The Morgan fingerprint density at radius 2 is 1.89 bits per heavy atom. The standard InChI is InChI=1S/C31H31N5O7S/c1-17-4-7-28(44-17)23-12-24(35-34-23)31(39)36-14-25-27(15-36)43-20-6-5-18(26(11-20)41-3)13-32-29(37)16-42-22-9-19(30(38)33-25)8-21(10-22)40-2/h4-12,25,27H,13-16H2,1-3H3,(H,32,37)(H,33,38)(H,34,35)/t25-,27-/m0/s1. The van der Waals surface area contributed by atoms with Crippen molar-refractivity contribution in [2.24, 2.45) is 0 Å². The summed E-state index contributed by atoms with van der Waals surface area (Å²) in [6.45, 7) is 2.36. The van der Waals surface area contributed by atoms with E-state index in [0.29, 0.717) is 23.0 Å². The van der Waals surface area contributed by atoms with Crippen LogP contribution in [0.3, 0.4) is 0 Å². The quantitative estimate of drug-likeness (QED) is 0.317. The number of ether oxygens (including phenoxy) is 4. The van der Waals surface area contributed by atoms with Crippen molar-refractivity contribution in [2.45, 2.75) is 25.6 Å². The first-order valence-corrected chi connectivity index (χ1v) is 14.8. The zero-order valence-electron chi connectivity index (χ0n) is 24.3. The molecular weight excluding hydrogens is 586 g/mol. The van der Waals surface area contributed by atoms with E-state index in [2.05, 4.69) is 20.8 Å². The molecule has 3 amide bonds. The van der Waals surface area contributed by atoms with E-state index in [9.17, 15) is 14.4 Å². The minimum Gasteiger partial charge on any atom is -0.497 e. The third-order valence-corrected chi connectivity index (χ3v) is 8.48. The lowest BCUT2D eigenvalue weighted by Crippen LogP contribution is -2.45. The van der Waals surface area contributed by atoms with Gasteiger partial charge in [0.2, 0.25) is 0 Å². The maximum absolute atomic E-state index is 13.6. The van der Waals surface area contributed by atoms with E-state index in [1.54, 1.807) is 52.6 Å². The average molecular weight is 618 g/mol. The van der Waals surface area contributed by atoms with Gasteiger partial charge in [-0.3, -0.25) is 19.5 Å². The van der Waals surface area contributed by atoms with Crippen LogP contribution in [0.25, 0.3) is 10.6 Å². The van der Waals surface area contributed by atoms with Gasteiger partial charge in [0.05, 0.1) is 37.4 Å². The normalized spacial score (nSPS) is 18.4. The number of aromatic amines is 1. The molecule has 228 valence electrons. The number of methoxy groups -OCH3 is 2. The van der Waals surface area contributed by atoms with Crippen LogP contribution in [0.4, 0.5) is 0 Å². The topological polar surface area (TPSA) is 144 Å². The number of aromatic nitrogens is 2. The summed E-state index contributed by atoms with van der Waals surface area (Å²) >= 11 is 1.61. The number of fused-ring (bicyclic) bond motifs is 7. The predicted octanol–water partition coefficient (Wildman–Crippen LogP) is 3.17. The third kappa shape index (κ3) is 6.18. The van der Waals surface area contributed by atoms with Crippen molar-refractivity contribution in [3.05, 3.63) is 76.3 Å². The number of carbonyl (C=O) groups is 3. The number of nitrogens with zero attached hydrogens (tertiary/aromatic N) is 2. The Labute approximate surface area is 257 Å². The van der Waals surface area contributed by atoms with Crippen LogP contribution in [-0.2, 0) is 11.3 Å². The fourth-order valence-electron chi connectivity index (χ4n) is 5.17. The van der Waals surface area contributed by atoms with Crippen LogP contribution in [0.5, 0.6) is 23.0 Å². The smallest absolute Gasteiger partial charge is 0.274 e. The first-order valence-electron chi connectivity index (χ1n) is 13.9. The van der Waals surface area contributed by atoms with E-state index in [0.717, 1.165) is 21.0 Å². The van der Waals surface area contributed by atoms with Gasteiger partial charge in [0.1, 0.15) is 29.1 Å². The van der Waals surface area contributed by atoms with Crippen molar-refractivity contribution in [2.75, 3.05) is 33.9 Å². The molecule has 3 N–H and O–H groups in total. The molecule has 2 atom stereocenters.